The maximum absolute atomic E-state index is 12.6. The monoisotopic (exact) mass is 294 g/mol. The summed E-state index contributed by atoms with van der Waals surface area (Å²) in [4.78, 5) is 3.13. The predicted octanol–water partition coefficient (Wildman–Crippen LogP) is 2.77. The van der Waals surface area contributed by atoms with Crippen molar-refractivity contribution < 1.29 is 8.42 Å². The van der Waals surface area contributed by atoms with Gasteiger partial charge in [-0.2, -0.15) is 4.31 Å². The highest BCUT2D eigenvalue weighted by molar-refractivity contribution is 7.89. The highest BCUT2D eigenvalue weighted by Crippen LogP contribution is 2.23. The Hall–Kier alpha value is -1.56. The standard InChI is InChI=1S/C13H18N4O2S/c1-10-7-11(2)9-13(8-10)20(18,19)17-5-3-12(4-6-17)15-16-14/h7-9,12H,3-6H2,1-2H3. The second-order valence-electron chi connectivity index (χ2n) is 5.16. The molecule has 0 spiro atoms. The van der Waals surface area contributed by atoms with Gasteiger partial charge in [-0.05, 0) is 55.5 Å². The van der Waals surface area contributed by atoms with Gasteiger partial charge in [0.1, 0.15) is 0 Å². The maximum atomic E-state index is 12.6. The van der Waals surface area contributed by atoms with Gasteiger partial charge in [-0.3, -0.25) is 0 Å². The molecule has 0 radical (unpaired) electrons. The van der Waals surface area contributed by atoms with Crippen molar-refractivity contribution in [3.63, 3.8) is 0 Å². The van der Waals surface area contributed by atoms with E-state index in [2.05, 4.69) is 10.0 Å². The second kappa shape index (κ2) is 5.83. The zero-order valence-corrected chi connectivity index (χ0v) is 12.5. The molecule has 7 heteroatoms. The van der Waals surface area contributed by atoms with Gasteiger partial charge < -0.3 is 0 Å². The smallest absolute Gasteiger partial charge is 0.207 e. The van der Waals surface area contributed by atoms with Crippen LogP contribution in [-0.2, 0) is 10.0 Å². The molecule has 1 aliphatic rings. The minimum absolute atomic E-state index is 0.0919. The van der Waals surface area contributed by atoms with Crippen molar-refractivity contribution in [1.29, 1.82) is 0 Å². The summed E-state index contributed by atoms with van der Waals surface area (Å²) in [5.74, 6) is 0. The van der Waals surface area contributed by atoms with Gasteiger partial charge in [0.2, 0.25) is 10.0 Å². The van der Waals surface area contributed by atoms with Crippen molar-refractivity contribution in [3.8, 4) is 0 Å². The SMILES string of the molecule is Cc1cc(C)cc(S(=O)(=O)N2CCC(N=[N+]=[N-])CC2)c1. The molecule has 1 saturated heterocycles. The number of azide groups is 1. The fourth-order valence-corrected chi connectivity index (χ4v) is 4.16. The van der Waals surface area contributed by atoms with Crippen LogP contribution in [0.5, 0.6) is 0 Å². The summed E-state index contributed by atoms with van der Waals surface area (Å²) in [6.07, 6.45) is 1.15. The molecule has 1 fully saturated rings. The molecule has 0 bridgehead atoms. The van der Waals surface area contributed by atoms with Gasteiger partial charge in [-0.1, -0.05) is 11.2 Å². The number of hydrogen-bond donors (Lipinski definition) is 0. The summed E-state index contributed by atoms with van der Waals surface area (Å²) in [6, 6.07) is 5.25. The lowest BCUT2D eigenvalue weighted by Crippen LogP contribution is -2.39. The van der Waals surface area contributed by atoms with E-state index in [4.69, 9.17) is 5.53 Å². The van der Waals surface area contributed by atoms with Crippen LogP contribution in [0.15, 0.2) is 28.2 Å². The summed E-state index contributed by atoms with van der Waals surface area (Å²) >= 11 is 0. The highest BCUT2D eigenvalue weighted by Gasteiger charge is 2.29. The third kappa shape index (κ3) is 3.12. The van der Waals surface area contributed by atoms with Crippen molar-refractivity contribution in [1.82, 2.24) is 4.31 Å². The number of hydrogen-bond acceptors (Lipinski definition) is 3. The molecule has 0 unspecified atom stereocenters. The first kappa shape index (κ1) is 14.8. The van der Waals surface area contributed by atoms with Crippen LogP contribution in [0.2, 0.25) is 0 Å². The van der Waals surface area contributed by atoms with Crippen molar-refractivity contribution in [2.45, 2.75) is 37.6 Å². The second-order valence-corrected chi connectivity index (χ2v) is 7.10. The Labute approximate surface area is 119 Å². The minimum atomic E-state index is -3.45. The van der Waals surface area contributed by atoms with E-state index >= 15 is 0 Å². The molecule has 0 aromatic heterocycles. The largest absolute Gasteiger partial charge is 0.243 e. The van der Waals surface area contributed by atoms with E-state index in [0.29, 0.717) is 30.8 Å². The third-order valence-corrected chi connectivity index (χ3v) is 5.35. The summed E-state index contributed by atoms with van der Waals surface area (Å²) in [6.45, 7) is 4.58. The normalized spacial score (nSPS) is 17.7. The van der Waals surface area contributed by atoms with E-state index in [-0.39, 0.29) is 6.04 Å². The van der Waals surface area contributed by atoms with Crippen LogP contribution in [0, 0.1) is 13.8 Å². The number of sulfonamides is 1. The molecule has 0 aliphatic carbocycles. The number of benzene rings is 1. The number of piperidine rings is 1. The van der Waals surface area contributed by atoms with Gasteiger partial charge in [0.05, 0.1) is 4.90 Å². The summed E-state index contributed by atoms with van der Waals surface area (Å²) in [5.41, 5.74) is 10.3. The van der Waals surface area contributed by atoms with E-state index < -0.39 is 10.0 Å². The molecule has 20 heavy (non-hydrogen) atoms. The molecule has 0 atom stereocenters. The first-order chi connectivity index (χ1) is 9.43. The van der Waals surface area contributed by atoms with E-state index in [1.807, 2.05) is 19.9 Å². The molecule has 0 N–H and O–H groups in total. The molecule has 1 heterocycles. The van der Waals surface area contributed by atoms with Gasteiger partial charge in [-0.25, -0.2) is 8.42 Å². The van der Waals surface area contributed by atoms with E-state index in [9.17, 15) is 8.42 Å². The van der Waals surface area contributed by atoms with Crippen LogP contribution in [0.1, 0.15) is 24.0 Å². The molecular formula is C13H18N4O2S. The Kier molecular flexibility index (Phi) is 4.32. The van der Waals surface area contributed by atoms with Gasteiger partial charge in [-0.15, -0.1) is 0 Å². The van der Waals surface area contributed by atoms with Gasteiger partial charge in [0.25, 0.3) is 0 Å². The molecule has 1 aliphatic heterocycles. The average Bonchev–Trinajstić information content (AvgIpc) is 2.38. The van der Waals surface area contributed by atoms with Crippen LogP contribution in [0.4, 0.5) is 0 Å². The van der Waals surface area contributed by atoms with Crippen molar-refractivity contribution >= 4 is 10.0 Å². The highest BCUT2D eigenvalue weighted by atomic mass is 32.2. The van der Waals surface area contributed by atoms with Gasteiger partial charge in [0.15, 0.2) is 0 Å². The lowest BCUT2D eigenvalue weighted by Gasteiger charge is -2.29. The van der Waals surface area contributed by atoms with Crippen LogP contribution in [-0.4, -0.2) is 31.9 Å². The zero-order chi connectivity index (χ0) is 14.8. The summed E-state index contributed by atoms with van der Waals surface area (Å²) < 4.78 is 26.6. The topological polar surface area (TPSA) is 86.1 Å². The maximum Gasteiger partial charge on any atom is 0.243 e. The van der Waals surface area contributed by atoms with Crippen LogP contribution >= 0.6 is 0 Å². The average molecular weight is 294 g/mol. The summed E-state index contributed by atoms with van der Waals surface area (Å²) in [7, 11) is -3.45. The lowest BCUT2D eigenvalue weighted by atomic mass is 10.1. The fourth-order valence-electron chi connectivity index (χ4n) is 2.50. The van der Waals surface area contributed by atoms with E-state index in [1.54, 1.807) is 12.1 Å². The van der Waals surface area contributed by atoms with Crippen LogP contribution < -0.4 is 0 Å². The van der Waals surface area contributed by atoms with Crippen molar-refractivity contribution in [2.75, 3.05) is 13.1 Å². The molecule has 108 valence electrons. The van der Waals surface area contributed by atoms with Crippen LogP contribution in [0.3, 0.4) is 0 Å². The molecule has 0 saturated carbocycles. The third-order valence-electron chi connectivity index (χ3n) is 3.47. The molecular weight excluding hydrogens is 276 g/mol. The first-order valence-corrected chi connectivity index (χ1v) is 8.00. The van der Waals surface area contributed by atoms with Gasteiger partial charge >= 0.3 is 0 Å². The molecule has 2 rings (SSSR count). The zero-order valence-electron chi connectivity index (χ0n) is 11.7. The Morgan fingerprint density at radius 3 is 2.25 bits per heavy atom. The van der Waals surface area contributed by atoms with Crippen molar-refractivity contribution in [3.05, 3.63) is 39.8 Å². The minimum Gasteiger partial charge on any atom is -0.207 e. The Morgan fingerprint density at radius 1 is 1.20 bits per heavy atom. The number of aryl methyl sites for hydroxylation is 2. The lowest BCUT2D eigenvalue weighted by molar-refractivity contribution is 0.319. The Balaban J connectivity index is 2.21. The first-order valence-electron chi connectivity index (χ1n) is 6.56. The quantitative estimate of drug-likeness (QED) is 0.487. The molecule has 1 aromatic carbocycles. The fraction of sp³-hybridized carbons (Fsp3) is 0.538. The number of rotatable bonds is 3. The van der Waals surface area contributed by atoms with E-state index in [0.717, 1.165) is 11.1 Å². The van der Waals surface area contributed by atoms with Crippen molar-refractivity contribution in [2.24, 2.45) is 5.11 Å². The van der Waals surface area contributed by atoms with E-state index in [1.165, 1.54) is 4.31 Å². The Morgan fingerprint density at radius 2 is 1.75 bits per heavy atom. The van der Waals surface area contributed by atoms with Gasteiger partial charge in [0, 0.05) is 24.0 Å². The number of nitrogens with zero attached hydrogens (tertiary/aromatic N) is 4. The van der Waals surface area contributed by atoms with Crippen LogP contribution in [0.25, 0.3) is 10.4 Å². The molecule has 0 amide bonds. The summed E-state index contributed by atoms with van der Waals surface area (Å²) in [5, 5.41) is 3.66. The molecule has 6 nitrogen and oxygen atoms in total. The predicted molar refractivity (Wildman–Crippen MR) is 76.8 cm³/mol. The molecule has 1 aromatic rings. The Bertz CT molecular complexity index is 622.